The fraction of sp³-hybridized carbons (Fsp3) is 0.400. The van der Waals surface area contributed by atoms with Gasteiger partial charge in [-0.2, -0.15) is 0 Å². The third-order valence-electron chi connectivity index (χ3n) is 9.76. The van der Waals surface area contributed by atoms with E-state index in [0.29, 0.717) is 0 Å². The van der Waals surface area contributed by atoms with Gasteiger partial charge in [-0.1, -0.05) is 114 Å². The molecule has 2 N–H and O–H groups in total. The van der Waals surface area contributed by atoms with Crippen LogP contribution in [0.4, 0.5) is 0 Å². The number of hydrogen-bond acceptors (Lipinski definition) is 2. The quantitative estimate of drug-likeness (QED) is 0.125. The van der Waals surface area contributed by atoms with Crippen LogP contribution >= 0.6 is 0 Å². The molecule has 0 spiro atoms. The van der Waals surface area contributed by atoms with E-state index in [4.69, 9.17) is 9.97 Å². The molecule has 44 heavy (non-hydrogen) atoms. The second-order valence-electron chi connectivity index (χ2n) is 12.9. The van der Waals surface area contributed by atoms with Crippen molar-refractivity contribution in [3.05, 3.63) is 71.8 Å². The number of aryl methyl sites for hydroxylation is 2. The summed E-state index contributed by atoms with van der Waals surface area (Å²) >= 11 is 0. The number of aromatic nitrogens is 4. The van der Waals surface area contributed by atoms with E-state index in [1.807, 2.05) is 0 Å². The second-order valence-corrected chi connectivity index (χ2v) is 12.9. The Labute approximate surface area is 260 Å². The van der Waals surface area contributed by atoms with Gasteiger partial charge in [0.2, 0.25) is 0 Å². The summed E-state index contributed by atoms with van der Waals surface area (Å²) in [5.74, 6) is 0. The van der Waals surface area contributed by atoms with Gasteiger partial charge in [0.25, 0.3) is 0 Å². The van der Waals surface area contributed by atoms with Crippen LogP contribution in [0.2, 0.25) is 0 Å². The highest BCUT2D eigenvalue weighted by atomic mass is 14.9. The Bertz CT molecular complexity index is 1910. The third-order valence-corrected chi connectivity index (χ3v) is 9.76. The average Bonchev–Trinajstić information content (AvgIpc) is 3.58. The molecule has 0 bridgehead atoms. The molecule has 0 fully saturated rings. The van der Waals surface area contributed by atoms with Gasteiger partial charge in [-0.15, -0.1) is 0 Å². The molecule has 7 aromatic rings. The SMILES string of the molecule is CCCCCCCCc1c2ccccc2nc2[nH]c3cc4c(cc3c12)[nH]c1nc2ccccc2c(CCCCCCCC)c14. The van der Waals surface area contributed by atoms with Crippen LogP contribution in [0.5, 0.6) is 0 Å². The van der Waals surface area contributed by atoms with Crippen LogP contribution in [0.15, 0.2) is 60.7 Å². The van der Waals surface area contributed by atoms with Gasteiger partial charge in [-0.3, -0.25) is 0 Å². The van der Waals surface area contributed by atoms with Crippen LogP contribution in [0, 0.1) is 0 Å². The minimum Gasteiger partial charge on any atom is -0.339 e. The molecule has 0 atom stereocenters. The number of para-hydroxylation sites is 2. The predicted octanol–water partition coefficient (Wildman–Crippen LogP) is 11.9. The minimum atomic E-state index is 1.01. The van der Waals surface area contributed by atoms with E-state index in [9.17, 15) is 0 Å². The molecule has 4 heterocycles. The Kier molecular flexibility index (Phi) is 8.50. The van der Waals surface area contributed by atoms with Crippen LogP contribution < -0.4 is 0 Å². The van der Waals surface area contributed by atoms with Gasteiger partial charge in [-0.25, -0.2) is 9.97 Å². The fourth-order valence-corrected chi connectivity index (χ4v) is 7.48. The van der Waals surface area contributed by atoms with E-state index < -0.39 is 0 Å². The Morgan fingerprint density at radius 1 is 0.477 bits per heavy atom. The highest BCUT2D eigenvalue weighted by Gasteiger charge is 2.19. The van der Waals surface area contributed by atoms with Gasteiger partial charge in [0.05, 0.1) is 11.0 Å². The summed E-state index contributed by atoms with van der Waals surface area (Å²) in [6.45, 7) is 4.57. The van der Waals surface area contributed by atoms with Crippen molar-refractivity contribution in [3.8, 4) is 0 Å². The number of hydrogen-bond donors (Lipinski definition) is 2. The van der Waals surface area contributed by atoms with Crippen LogP contribution in [0.3, 0.4) is 0 Å². The first kappa shape index (κ1) is 28.8. The molecule has 226 valence electrons. The standard InChI is InChI=1S/C40H46N4/c1-3-5-7-9-11-13-21-29-27-19-15-17-23-33(27)41-39-37(29)31-25-36-32(26-35(31)43-39)38-30(22-14-12-10-8-6-4-2)28-20-16-18-24-34(28)42-40(38)44-36/h15-20,23-26H,3-14,21-22H2,1-2H3,(H,41,43)(H,42,44). The van der Waals surface area contributed by atoms with Gasteiger partial charge >= 0.3 is 0 Å². The molecule has 4 heteroatoms. The van der Waals surface area contributed by atoms with E-state index in [2.05, 4.69) is 84.5 Å². The molecule has 0 aliphatic heterocycles. The zero-order chi connectivity index (χ0) is 29.9. The van der Waals surface area contributed by atoms with Crippen LogP contribution in [0.1, 0.15) is 102 Å². The number of aromatic amines is 2. The van der Waals surface area contributed by atoms with E-state index in [-0.39, 0.29) is 0 Å². The number of pyridine rings is 2. The summed E-state index contributed by atoms with van der Waals surface area (Å²) in [7, 11) is 0. The van der Waals surface area contributed by atoms with Crippen molar-refractivity contribution in [3.63, 3.8) is 0 Å². The van der Waals surface area contributed by atoms with Crippen molar-refractivity contribution >= 4 is 65.7 Å². The molecule has 0 amide bonds. The lowest BCUT2D eigenvalue weighted by Gasteiger charge is -2.09. The lowest BCUT2D eigenvalue weighted by atomic mass is 9.96. The predicted molar refractivity (Wildman–Crippen MR) is 190 cm³/mol. The summed E-state index contributed by atoms with van der Waals surface area (Å²) < 4.78 is 0. The van der Waals surface area contributed by atoms with E-state index in [1.54, 1.807) is 0 Å². The smallest absolute Gasteiger partial charge is 0.139 e. The molecule has 0 saturated carbocycles. The highest BCUT2D eigenvalue weighted by molar-refractivity contribution is 6.20. The molecule has 0 aliphatic carbocycles. The monoisotopic (exact) mass is 582 g/mol. The van der Waals surface area contributed by atoms with Gasteiger partial charge in [0, 0.05) is 43.4 Å². The number of nitrogens with zero attached hydrogens (tertiary/aromatic N) is 2. The van der Waals surface area contributed by atoms with E-state index >= 15 is 0 Å². The molecular formula is C40H46N4. The number of rotatable bonds is 14. The van der Waals surface area contributed by atoms with Crippen molar-refractivity contribution in [1.82, 2.24) is 19.9 Å². The maximum atomic E-state index is 5.13. The summed E-state index contributed by atoms with van der Waals surface area (Å²) in [4.78, 5) is 17.8. The minimum absolute atomic E-state index is 1.01. The second kappa shape index (κ2) is 13.0. The zero-order valence-electron chi connectivity index (χ0n) is 26.6. The Morgan fingerprint density at radius 3 is 1.34 bits per heavy atom. The molecule has 0 unspecified atom stereocenters. The Balaban J connectivity index is 1.35. The fourth-order valence-electron chi connectivity index (χ4n) is 7.48. The number of unbranched alkanes of at least 4 members (excludes halogenated alkanes) is 10. The lowest BCUT2D eigenvalue weighted by Crippen LogP contribution is -1.93. The molecule has 0 radical (unpaired) electrons. The molecule has 4 nitrogen and oxygen atoms in total. The maximum absolute atomic E-state index is 5.13. The Morgan fingerprint density at radius 2 is 0.886 bits per heavy atom. The number of H-pyrrole nitrogens is 2. The molecule has 0 aliphatic rings. The largest absolute Gasteiger partial charge is 0.339 e. The van der Waals surface area contributed by atoms with Crippen molar-refractivity contribution in [2.75, 3.05) is 0 Å². The van der Waals surface area contributed by atoms with Gasteiger partial charge in [0.1, 0.15) is 11.3 Å². The van der Waals surface area contributed by atoms with Crippen molar-refractivity contribution in [2.24, 2.45) is 0 Å². The van der Waals surface area contributed by atoms with E-state index in [0.717, 1.165) is 35.2 Å². The van der Waals surface area contributed by atoms with Gasteiger partial charge < -0.3 is 9.97 Å². The van der Waals surface area contributed by atoms with E-state index in [1.165, 1.54) is 132 Å². The molecular weight excluding hydrogens is 536 g/mol. The van der Waals surface area contributed by atoms with Crippen molar-refractivity contribution in [1.29, 1.82) is 0 Å². The molecule has 7 rings (SSSR count). The molecule has 0 saturated heterocycles. The first-order valence-electron chi connectivity index (χ1n) is 17.3. The van der Waals surface area contributed by atoms with Crippen molar-refractivity contribution in [2.45, 2.75) is 104 Å². The highest BCUT2D eigenvalue weighted by Crippen LogP contribution is 2.39. The first-order chi connectivity index (χ1) is 21.8. The van der Waals surface area contributed by atoms with Crippen LogP contribution in [-0.2, 0) is 12.8 Å². The summed E-state index contributed by atoms with van der Waals surface area (Å²) in [5, 5.41) is 7.69. The first-order valence-corrected chi connectivity index (χ1v) is 17.3. The third kappa shape index (κ3) is 5.44. The Hall–Kier alpha value is -3.92. The van der Waals surface area contributed by atoms with Crippen LogP contribution in [0.25, 0.3) is 65.7 Å². The van der Waals surface area contributed by atoms with Crippen LogP contribution in [-0.4, -0.2) is 19.9 Å². The normalized spacial score (nSPS) is 12.2. The number of nitrogens with one attached hydrogen (secondary N) is 2. The molecule has 4 aromatic heterocycles. The topological polar surface area (TPSA) is 57.4 Å². The lowest BCUT2D eigenvalue weighted by molar-refractivity contribution is 0.609. The number of benzene rings is 3. The summed E-state index contributed by atoms with van der Waals surface area (Å²) in [5.41, 5.74) is 9.39. The number of fused-ring (bicyclic) bond motifs is 8. The zero-order valence-corrected chi connectivity index (χ0v) is 26.6. The molecule has 3 aromatic carbocycles. The average molecular weight is 583 g/mol. The van der Waals surface area contributed by atoms with Gasteiger partial charge in [-0.05, 0) is 61.1 Å². The summed E-state index contributed by atoms with van der Waals surface area (Å²) in [6.07, 6.45) is 17.8. The van der Waals surface area contributed by atoms with Gasteiger partial charge in [0.15, 0.2) is 0 Å². The maximum Gasteiger partial charge on any atom is 0.139 e. The summed E-state index contributed by atoms with van der Waals surface area (Å²) in [6, 6.07) is 22.1. The van der Waals surface area contributed by atoms with Crippen molar-refractivity contribution < 1.29 is 0 Å².